The van der Waals surface area contributed by atoms with Gasteiger partial charge in [0, 0.05) is 6.04 Å². The predicted octanol–water partition coefficient (Wildman–Crippen LogP) is 2.92. The summed E-state index contributed by atoms with van der Waals surface area (Å²) < 4.78 is 0. The molecule has 0 amide bonds. The maximum Gasteiger partial charge on any atom is 0.0105 e. The fourth-order valence-electron chi connectivity index (χ4n) is 1.59. The van der Waals surface area contributed by atoms with Crippen LogP contribution in [0.4, 0.5) is 0 Å². The average molecular weight is 177 g/mol. The quantitative estimate of drug-likeness (QED) is 0.752. The summed E-state index contributed by atoms with van der Waals surface area (Å²) in [5.41, 5.74) is 7.41. The van der Waals surface area contributed by atoms with E-state index in [1.807, 2.05) is 6.07 Å². The molecular weight excluding hydrogens is 158 g/mol. The van der Waals surface area contributed by atoms with Gasteiger partial charge in [0.1, 0.15) is 0 Å². The molecule has 0 heterocycles. The molecule has 1 nitrogen and oxygen atoms in total. The molecule has 0 bridgehead atoms. The lowest BCUT2D eigenvalue weighted by molar-refractivity contribution is 0.522. The SMILES string of the molecule is CCCC(N)C(C)c1ccccc1. The Labute approximate surface area is 81.0 Å². The second-order valence-corrected chi connectivity index (χ2v) is 3.65. The van der Waals surface area contributed by atoms with E-state index < -0.39 is 0 Å². The highest BCUT2D eigenvalue weighted by Gasteiger charge is 2.12. The van der Waals surface area contributed by atoms with Crippen LogP contribution in [0.3, 0.4) is 0 Å². The van der Waals surface area contributed by atoms with Crippen molar-refractivity contribution in [1.82, 2.24) is 0 Å². The van der Waals surface area contributed by atoms with Crippen LogP contribution in [0.2, 0.25) is 0 Å². The van der Waals surface area contributed by atoms with E-state index in [1.54, 1.807) is 0 Å². The molecule has 2 unspecified atom stereocenters. The number of hydrogen-bond donors (Lipinski definition) is 1. The number of rotatable bonds is 4. The Kier molecular flexibility index (Phi) is 3.97. The highest BCUT2D eigenvalue weighted by Crippen LogP contribution is 2.19. The predicted molar refractivity (Wildman–Crippen MR) is 57.7 cm³/mol. The molecule has 1 heteroatoms. The molecule has 0 aliphatic heterocycles. The first kappa shape index (κ1) is 10.3. The molecular formula is C12H19N. The van der Waals surface area contributed by atoms with E-state index in [-0.39, 0.29) is 0 Å². The highest BCUT2D eigenvalue weighted by molar-refractivity contribution is 5.20. The third-order valence-corrected chi connectivity index (χ3v) is 2.59. The smallest absolute Gasteiger partial charge is 0.0105 e. The van der Waals surface area contributed by atoms with Gasteiger partial charge < -0.3 is 5.73 Å². The first-order valence-electron chi connectivity index (χ1n) is 5.06. The van der Waals surface area contributed by atoms with E-state index in [1.165, 1.54) is 12.0 Å². The molecule has 0 fully saturated rings. The first-order chi connectivity index (χ1) is 6.25. The second kappa shape index (κ2) is 5.03. The third-order valence-electron chi connectivity index (χ3n) is 2.59. The summed E-state index contributed by atoms with van der Waals surface area (Å²) in [4.78, 5) is 0. The van der Waals surface area contributed by atoms with Crippen molar-refractivity contribution in [3.63, 3.8) is 0 Å². The van der Waals surface area contributed by atoms with Crippen molar-refractivity contribution in [2.45, 2.75) is 38.6 Å². The van der Waals surface area contributed by atoms with Crippen LogP contribution in [0.1, 0.15) is 38.2 Å². The van der Waals surface area contributed by atoms with Crippen molar-refractivity contribution in [2.75, 3.05) is 0 Å². The van der Waals surface area contributed by atoms with Crippen molar-refractivity contribution >= 4 is 0 Å². The molecule has 1 rings (SSSR count). The van der Waals surface area contributed by atoms with Gasteiger partial charge in [-0.2, -0.15) is 0 Å². The Balaban J connectivity index is 2.62. The molecule has 2 N–H and O–H groups in total. The van der Waals surface area contributed by atoms with Gasteiger partial charge in [-0.3, -0.25) is 0 Å². The van der Waals surface area contributed by atoms with Gasteiger partial charge in [0.05, 0.1) is 0 Å². The van der Waals surface area contributed by atoms with Crippen LogP contribution in [0.15, 0.2) is 30.3 Å². The van der Waals surface area contributed by atoms with Gasteiger partial charge in [-0.1, -0.05) is 50.6 Å². The number of nitrogens with two attached hydrogens (primary N) is 1. The maximum absolute atomic E-state index is 6.06. The number of hydrogen-bond acceptors (Lipinski definition) is 1. The lowest BCUT2D eigenvalue weighted by atomic mass is 9.91. The maximum atomic E-state index is 6.06. The lowest BCUT2D eigenvalue weighted by Crippen LogP contribution is -2.26. The summed E-state index contributed by atoms with van der Waals surface area (Å²) in [6.45, 7) is 4.38. The molecule has 2 atom stereocenters. The molecule has 0 saturated heterocycles. The molecule has 0 saturated carbocycles. The van der Waals surface area contributed by atoms with Crippen LogP contribution >= 0.6 is 0 Å². The Morgan fingerprint density at radius 2 is 1.85 bits per heavy atom. The van der Waals surface area contributed by atoms with Crippen molar-refractivity contribution in [1.29, 1.82) is 0 Å². The van der Waals surface area contributed by atoms with Gasteiger partial charge in [-0.25, -0.2) is 0 Å². The van der Waals surface area contributed by atoms with Gasteiger partial charge in [0.15, 0.2) is 0 Å². The molecule has 0 aromatic heterocycles. The van der Waals surface area contributed by atoms with Crippen LogP contribution in [-0.2, 0) is 0 Å². The molecule has 0 radical (unpaired) electrons. The Bertz CT molecular complexity index is 230. The molecule has 72 valence electrons. The fourth-order valence-corrected chi connectivity index (χ4v) is 1.59. The summed E-state index contributed by atoms with van der Waals surface area (Å²) in [5, 5.41) is 0. The van der Waals surface area contributed by atoms with Crippen LogP contribution in [0.25, 0.3) is 0 Å². The van der Waals surface area contributed by atoms with Crippen molar-refractivity contribution in [2.24, 2.45) is 5.73 Å². The van der Waals surface area contributed by atoms with E-state index in [0.29, 0.717) is 12.0 Å². The van der Waals surface area contributed by atoms with Gasteiger partial charge in [-0.15, -0.1) is 0 Å². The minimum atomic E-state index is 0.299. The fraction of sp³-hybridized carbons (Fsp3) is 0.500. The standard InChI is InChI=1S/C12H19N/c1-3-7-12(13)10(2)11-8-5-4-6-9-11/h4-6,8-10,12H,3,7,13H2,1-2H3. The topological polar surface area (TPSA) is 26.0 Å². The zero-order valence-electron chi connectivity index (χ0n) is 8.53. The van der Waals surface area contributed by atoms with Crippen LogP contribution in [0.5, 0.6) is 0 Å². The molecule has 1 aromatic rings. The monoisotopic (exact) mass is 177 g/mol. The summed E-state index contributed by atoms with van der Waals surface area (Å²) in [5.74, 6) is 0.473. The third kappa shape index (κ3) is 2.85. The summed E-state index contributed by atoms with van der Waals surface area (Å²) in [7, 11) is 0. The van der Waals surface area contributed by atoms with Crippen LogP contribution < -0.4 is 5.73 Å². The van der Waals surface area contributed by atoms with Gasteiger partial charge >= 0.3 is 0 Å². The Morgan fingerprint density at radius 1 is 1.23 bits per heavy atom. The molecule has 13 heavy (non-hydrogen) atoms. The highest BCUT2D eigenvalue weighted by atomic mass is 14.6. The van der Waals surface area contributed by atoms with E-state index in [0.717, 1.165) is 6.42 Å². The van der Waals surface area contributed by atoms with E-state index in [9.17, 15) is 0 Å². The first-order valence-corrected chi connectivity index (χ1v) is 5.06. The zero-order chi connectivity index (χ0) is 9.68. The summed E-state index contributed by atoms with van der Waals surface area (Å²) >= 11 is 0. The lowest BCUT2D eigenvalue weighted by Gasteiger charge is -2.19. The molecule has 0 aliphatic carbocycles. The minimum absolute atomic E-state index is 0.299. The Hall–Kier alpha value is -0.820. The molecule has 1 aromatic carbocycles. The normalized spacial score (nSPS) is 15.3. The summed E-state index contributed by atoms with van der Waals surface area (Å²) in [6, 6.07) is 10.8. The molecule has 0 spiro atoms. The summed E-state index contributed by atoms with van der Waals surface area (Å²) in [6.07, 6.45) is 2.27. The van der Waals surface area contributed by atoms with Crippen molar-refractivity contribution in [3.8, 4) is 0 Å². The van der Waals surface area contributed by atoms with Gasteiger partial charge in [-0.05, 0) is 17.9 Å². The van der Waals surface area contributed by atoms with Crippen molar-refractivity contribution in [3.05, 3.63) is 35.9 Å². The zero-order valence-corrected chi connectivity index (χ0v) is 8.53. The average Bonchev–Trinajstić information content (AvgIpc) is 2.18. The molecule has 0 aliphatic rings. The minimum Gasteiger partial charge on any atom is -0.327 e. The van der Waals surface area contributed by atoms with E-state index in [4.69, 9.17) is 5.73 Å². The second-order valence-electron chi connectivity index (χ2n) is 3.65. The van der Waals surface area contributed by atoms with E-state index in [2.05, 4.69) is 38.1 Å². The van der Waals surface area contributed by atoms with Crippen LogP contribution in [-0.4, -0.2) is 6.04 Å². The number of benzene rings is 1. The van der Waals surface area contributed by atoms with Gasteiger partial charge in [0.2, 0.25) is 0 Å². The van der Waals surface area contributed by atoms with E-state index >= 15 is 0 Å². The van der Waals surface area contributed by atoms with Crippen molar-refractivity contribution < 1.29 is 0 Å². The van der Waals surface area contributed by atoms with Crippen LogP contribution in [0, 0.1) is 0 Å². The Morgan fingerprint density at radius 3 is 2.38 bits per heavy atom. The van der Waals surface area contributed by atoms with Gasteiger partial charge in [0.25, 0.3) is 0 Å². The largest absolute Gasteiger partial charge is 0.327 e.